The molecule has 1 aromatic heterocycles. The molecular weight excluding hydrogens is 281 g/mol. The molecule has 0 radical (unpaired) electrons. The second-order valence-corrected chi connectivity index (χ2v) is 6.96. The fourth-order valence-electron chi connectivity index (χ4n) is 2.44. The molecule has 0 amide bonds. The molecule has 1 unspecified atom stereocenters. The summed E-state index contributed by atoms with van der Waals surface area (Å²) in [5.41, 5.74) is 1.80. The van der Waals surface area contributed by atoms with Crippen molar-refractivity contribution in [2.75, 3.05) is 6.54 Å². The predicted octanol–water partition coefficient (Wildman–Crippen LogP) is 5.56. The highest BCUT2D eigenvalue weighted by molar-refractivity contribution is 7.15. The fourth-order valence-corrected chi connectivity index (χ4v) is 3.69. The van der Waals surface area contributed by atoms with Crippen LogP contribution in [0.5, 0.6) is 0 Å². The normalized spacial score (nSPS) is 12.9. The summed E-state index contributed by atoms with van der Waals surface area (Å²) < 4.78 is 13.4. The van der Waals surface area contributed by atoms with Crippen molar-refractivity contribution in [2.45, 2.75) is 40.2 Å². The number of benzene rings is 1. The van der Waals surface area contributed by atoms with Crippen LogP contribution >= 0.6 is 11.3 Å². The lowest BCUT2D eigenvalue weighted by molar-refractivity contribution is 0.418. The van der Waals surface area contributed by atoms with Crippen molar-refractivity contribution < 1.29 is 4.39 Å². The Morgan fingerprint density at radius 1 is 1.19 bits per heavy atom. The lowest BCUT2D eigenvalue weighted by Crippen LogP contribution is -2.25. The maximum Gasteiger partial charge on any atom is 0.126 e. The van der Waals surface area contributed by atoms with Gasteiger partial charge in [0.05, 0.1) is 0 Å². The minimum absolute atomic E-state index is 0.139. The molecule has 0 bridgehead atoms. The highest BCUT2D eigenvalue weighted by Gasteiger charge is 2.17. The van der Waals surface area contributed by atoms with Gasteiger partial charge < -0.3 is 5.32 Å². The number of rotatable bonds is 6. The maximum absolute atomic E-state index is 13.4. The van der Waals surface area contributed by atoms with Crippen LogP contribution in [-0.2, 0) is 0 Å². The summed E-state index contributed by atoms with van der Waals surface area (Å²) >= 11 is 1.80. The van der Waals surface area contributed by atoms with Gasteiger partial charge in [0.1, 0.15) is 5.82 Å². The minimum Gasteiger partial charge on any atom is -0.309 e. The van der Waals surface area contributed by atoms with E-state index in [0.717, 1.165) is 18.5 Å². The molecule has 0 spiro atoms. The van der Waals surface area contributed by atoms with Gasteiger partial charge in [-0.2, -0.15) is 0 Å². The van der Waals surface area contributed by atoms with Gasteiger partial charge in [0.25, 0.3) is 0 Å². The van der Waals surface area contributed by atoms with Crippen LogP contribution in [0.2, 0.25) is 0 Å². The molecule has 21 heavy (non-hydrogen) atoms. The Balaban J connectivity index is 2.25. The Hall–Kier alpha value is -1.19. The molecule has 1 N–H and O–H groups in total. The average molecular weight is 305 g/mol. The summed E-state index contributed by atoms with van der Waals surface area (Å²) in [5.74, 6) is 0.415. The van der Waals surface area contributed by atoms with Gasteiger partial charge in [-0.3, -0.25) is 0 Å². The Bertz CT molecular complexity index is 589. The van der Waals surface area contributed by atoms with E-state index in [4.69, 9.17) is 0 Å². The van der Waals surface area contributed by atoms with E-state index in [1.54, 1.807) is 17.4 Å². The smallest absolute Gasteiger partial charge is 0.126 e. The van der Waals surface area contributed by atoms with E-state index in [1.165, 1.54) is 9.75 Å². The Labute approximate surface area is 131 Å². The predicted molar refractivity (Wildman–Crippen MR) is 90.3 cm³/mol. The van der Waals surface area contributed by atoms with E-state index >= 15 is 0 Å². The summed E-state index contributed by atoms with van der Waals surface area (Å²) in [6.07, 6.45) is 1.14. The largest absolute Gasteiger partial charge is 0.309 e. The zero-order chi connectivity index (χ0) is 15.4. The van der Waals surface area contributed by atoms with Crippen LogP contribution in [-0.4, -0.2) is 6.54 Å². The van der Waals surface area contributed by atoms with Gasteiger partial charge >= 0.3 is 0 Å². The second-order valence-electron chi connectivity index (χ2n) is 5.84. The summed E-state index contributed by atoms with van der Waals surface area (Å²) in [5, 5.41) is 3.62. The number of hydrogen-bond acceptors (Lipinski definition) is 2. The van der Waals surface area contributed by atoms with E-state index in [-0.39, 0.29) is 5.82 Å². The molecule has 0 aliphatic heterocycles. The molecule has 1 heterocycles. The van der Waals surface area contributed by atoms with Crippen molar-refractivity contribution in [2.24, 2.45) is 5.92 Å². The third kappa shape index (κ3) is 3.92. The van der Waals surface area contributed by atoms with Crippen LogP contribution in [0.4, 0.5) is 4.39 Å². The first kappa shape index (κ1) is 16.2. The first-order valence-electron chi connectivity index (χ1n) is 7.62. The zero-order valence-electron chi connectivity index (χ0n) is 13.2. The lowest BCUT2D eigenvalue weighted by atomic mass is 10.0. The van der Waals surface area contributed by atoms with Gasteiger partial charge in [-0.15, -0.1) is 11.3 Å². The van der Waals surface area contributed by atoms with Gasteiger partial charge in [-0.05, 0) is 61.2 Å². The van der Waals surface area contributed by atoms with Crippen molar-refractivity contribution in [3.05, 3.63) is 46.6 Å². The van der Waals surface area contributed by atoms with Crippen molar-refractivity contribution in [3.63, 3.8) is 0 Å². The number of aryl methyl sites for hydroxylation is 1. The number of hydrogen-bond donors (Lipinski definition) is 1. The highest BCUT2D eigenvalue weighted by atomic mass is 32.1. The van der Waals surface area contributed by atoms with Crippen molar-refractivity contribution in [3.8, 4) is 10.4 Å². The molecule has 1 aromatic carbocycles. The van der Waals surface area contributed by atoms with Crippen LogP contribution in [0.1, 0.15) is 43.7 Å². The topological polar surface area (TPSA) is 12.0 Å². The molecule has 1 atom stereocenters. The van der Waals surface area contributed by atoms with Gasteiger partial charge in [0.15, 0.2) is 0 Å². The molecule has 0 saturated heterocycles. The van der Waals surface area contributed by atoms with E-state index in [2.05, 4.69) is 38.2 Å². The van der Waals surface area contributed by atoms with Crippen LogP contribution in [0, 0.1) is 18.7 Å². The first-order valence-corrected chi connectivity index (χ1v) is 8.44. The number of nitrogens with one attached hydrogen (secondary N) is 1. The first-order chi connectivity index (χ1) is 10.0. The molecule has 1 nitrogen and oxygen atoms in total. The third-order valence-corrected chi connectivity index (χ3v) is 4.87. The molecular formula is C18H24FNS. The third-order valence-electron chi connectivity index (χ3n) is 3.66. The van der Waals surface area contributed by atoms with Crippen molar-refractivity contribution in [1.82, 2.24) is 5.32 Å². The van der Waals surface area contributed by atoms with Crippen LogP contribution in [0.15, 0.2) is 30.3 Å². The maximum atomic E-state index is 13.4. The van der Waals surface area contributed by atoms with E-state index < -0.39 is 0 Å². The number of halogens is 1. The molecule has 3 heteroatoms. The van der Waals surface area contributed by atoms with Gasteiger partial charge in [-0.1, -0.05) is 26.8 Å². The van der Waals surface area contributed by atoms with Gasteiger partial charge in [0.2, 0.25) is 0 Å². The lowest BCUT2D eigenvalue weighted by Gasteiger charge is -2.20. The Morgan fingerprint density at radius 2 is 1.95 bits per heavy atom. The molecule has 2 rings (SSSR count). The minimum atomic E-state index is -0.139. The standard InChI is InChI=1S/C18H24FNS/c1-5-10-20-18(12(2)3)17-9-8-16(21-17)14-6-7-15(19)13(4)11-14/h6-9,11-12,18,20H,5,10H2,1-4H3. The fraction of sp³-hybridized carbons (Fsp3) is 0.444. The van der Waals surface area contributed by atoms with E-state index in [9.17, 15) is 4.39 Å². The second kappa shape index (κ2) is 7.19. The molecule has 114 valence electrons. The van der Waals surface area contributed by atoms with Crippen molar-refractivity contribution in [1.29, 1.82) is 0 Å². The van der Waals surface area contributed by atoms with E-state index in [1.807, 2.05) is 19.1 Å². The summed E-state index contributed by atoms with van der Waals surface area (Å²) in [6, 6.07) is 10.1. The summed E-state index contributed by atoms with van der Waals surface area (Å²) in [6.45, 7) is 9.52. The molecule has 2 aromatic rings. The van der Waals surface area contributed by atoms with Gasteiger partial charge in [-0.25, -0.2) is 4.39 Å². The summed E-state index contributed by atoms with van der Waals surface area (Å²) in [7, 11) is 0. The Morgan fingerprint density at radius 3 is 2.57 bits per heavy atom. The van der Waals surface area contributed by atoms with E-state index in [0.29, 0.717) is 17.5 Å². The van der Waals surface area contributed by atoms with Crippen molar-refractivity contribution >= 4 is 11.3 Å². The Kier molecular flexibility index (Phi) is 5.54. The highest BCUT2D eigenvalue weighted by Crippen LogP contribution is 2.34. The SMILES string of the molecule is CCCNC(c1ccc(-c2ccc(F)c(C)c2)s1)C(C)C. The molecule has 0 saturated carbocycles. The van der Waals surface area contributed by atoms with Gasteiger partial charge in [0, 0.05) is 15.8 Å². The van der Waals surface area contributed by atoms with Crippen LogP contribution in [0.25, 0.3) is 10.4 Å². The van der Waals surface area contributed by atoms with Crippen LogP contribution < -0.4 is 5.32 Å². The quantitative estimate of drug-likeness (QED) is 0.736. The molecule has 0 aliphatic rings. The number of thiophene rings is 1. The molecule has 0 aliphatic carbocycles. The summed E-state index contributed by atoms with van der Waals surface area (Å²) in [4.78, 5) is 2.56. The molecule has 0 fully saturated rings. The monoisotopic (exact) mass is 305 g/mol. The zero-order valence-corrected chi connectivity index (χ0v) is 14.1. The van der Waals surface area contributed by atoms with Crippen LogP contribution in [0.3, 0.4) is 0 Å². The average Bonchev–Trinajstić information content (AvgIpc) is 2.91.